The zero-order valence-electron chi connectivity index (χ0n) is 12.5. The van der Waals surface area contributed by atoms with Crippen LogP contribution in [0.5, 0.6) is 0 Å². The lowest BCUT2D eigenvalue weighted by Gasteiger charge is -2.23. The fraction of sp³-hybridized carbons (Fsp3) is 0.267. The lowest BCUT2D eigenvalue weighted by atomic mass is 10.2. The van der Waals surface area contributed by atoms with Crippen molar-refractivity contribution in [2.45, 2.75) is 6.04 Å². The van der Waals surface area contributed by atoms with Gasteiger partial charge in [0.15, 0.2) is 5.82 Å². The van der Waals surface area contributed by atoms with Gasteiger partial charge >= 0.3 is 0 Å². The molecule has 0 saturated carbocycles. The van der Waals surface area contributed by atoms with E-state index in [-0.39, 0.29) is 0 Å². The third kappa shape index (κ3) is 3.32. The molecule has 0 aliphatic heterocycles. The van der Waals surface area contributed by atoms with Crippen molar-refractivity contribution in [2.24, 2.45) is 0 Å². The van der Waals surface area contributed by atoms with Crippen molar-refractivity contribution in [1.29, 1.82) is 0 Å². The van der Waals surface area contributed by atoms with Crippen LogP contribution < -0.4 is 5.32 Å². The van der Waals surface area contributed by atoms with Crippen LogP contribution in [0.4, 0.5) is 5.82 Å². The maximum atomic E-state index is 4.54. The molecule has 0 aromatic carbocycles. The highest BCUT2D eigenvalue weighted by atomic mass is 32.1. The average Bonchev–Trinajstić information content (AvgIpc) is 3.21. The molecule has 1 unspecified atom stereocenters. The van der Waals surface area contributed by atoms with Crippen LogP contribution in [0, 0.1) is 0 Å². The van der Waals surface area contributed by atoms with Crippen molar-refractivity contribution in [3.8, 4) is 5.82 Å². The van der Waals surface area contributed by atoms with Crippen molar-refractivity contribution < 1.29 is 0 Å². The Morgan fingerprint density at radius 2 is 2.23 bits per heavy atom. The van der Waals surface area contributed by atoms with E-state index in [1.165, 1.54) is 4.88 Å². The van der Waals surface area contributed by atoms with Crippen LogP contribution in [0.2, 0.25) is 0 Å². The average molecular weight is 314 g/mol. The molecule has 1 N–H and O–H groups in total. The van der Waals surface area contributed by atoms with Gasteiger partial charge in [-0.3, -0.25) is 4.98 Å². The smallest absolute Gasteiger partial charge is 0.173 e. The Kier molecular flexibility index (Phi) is 4.45. The lowest BCUT2D eigenvalue weighted by molar-refractivity contribution is 0.316. The SMILES string of the molecule is CN(C)C(CNc1cncc(-n2cccn2)n1)c1cccs1. The van der Waals surface area contributed by atoms with Crippen LogP contribution in [0.25, 0.3) is 5.82 Å². The summed E-state index contributed by atoms with van der Waals surface area (Å²) in [5.41, 5.74) is 0. The number of thiophene rings is 1. The number of likely N-dealkylation sites (N-methyl/N-ethyl adjacent to an activating group) is 1. The molecule has 3 aromatic rings. The molecule has 0 fully saturated rings. The van der Waals surface area contributed by atoms with Crippen LogP contribution in [-0.4, -0.2) is 45.3 Å². The van der Waals surface area contributed by atoms with Crippen molar-refractivity contribution in [2.75, 3.05) is 26.0 Å². The van der Waals surface area contributed by atoms with Gasteiger partial charge in [0.1, 0.15) is 5.82 Å². The van der Waals surface area contributed by atoms with Crippen molar-refractivity contribution in [3.05, 3.63) is 53.2 Å². The molecule has 0 saturated heterocycles. The van der Waals surface area contributed by atoms with Gasteiger partial charge in [-0.2, -0.15) is 5.10 Å². The first-order valence-electron chi connectivity index (χ1n) is 7.00. The molecule has 3 rings (SSSR count). The number of hydrogen-bond donors (Lipinski definition) is 1. The molecule has 1 atom stereocenters. The summed E-state index contributed by atoms with van der Waals surface area (Å²) in [5.74, 6) is 1.45. The zero-order valence-corrected chi connectivity index (χ0v) is 13.4. The van der Waals surface area contributed by atoms with Gasteiger partial charge in [0.25, 0.3) is 0 Å². The molecule has 0 radical (unpaired) electrons. The molecule has 0 aliphatic rings. The second-order valence-electron chi connectivity index (χ2n) is 5.09. The Morgan fingerprint density at radius 3 is 2.91 bits per heavy atom. The highest BCUT2D eigenvalue weighted by Gasteiger charge is 2.15. The van der Waals surface area contributed by atoms with Gasteiger partial charge in [-0.05, 0) is 31.6 Å². The first-order chi connectivity index (χ1) is 10.7. The molecule has 22 heavy (non-hydrogen) atoms. The van der Waals surface area contributed by atoms with Gasteiger partial charge in [-0.1, -0.05) is 6.07 Å². The lowest BCUT2D eigenvalue weighted by Crippen LogP contribution is -2.26. The molecule has 7 heteroatoms. The maximum absolute atomic E-state index is 4.54. The molecule has 3 aromatic heterocycles. The Morgan fingerprint density at radius 1 is 1.32 bits per heavy atom. The number of nitrogens with zero attached hydrogens (tertiary/aromatic N) is 5. The largest absolute Gasteiger partial charge is 0.367 e. The summed E-state index contributed by atoms with van der Waals surface area (Å²) in [5, 5.41) is 9.64. The molecule has 0 aliphatic carbocycles. The van der Waals surface area contributed by atoms with E-state index in [1.807, 2.05) is 12.3 Å². The van der Waals surface area contributed by atoms with Gasteiger partial charge in [-0.15, -0.1) is 11.3 Å². The summed E-state index contributed by atoms with van der Waals surface area (Å²) in [6, 6.07) is 6.40. The van der Waals surface area contributed by atoms with Gasteiger partial charge in [0, 0.05) is 23.8 Å². The van der Waals surface area contributed by atoms with Crippen LogP contribution >= 0.6 is 11.3 Å². The Balaban J connectivity index is 1.72. The Hall–Kier alpha value is -2.25. The van der Waals surface area contributed by atoms with E-state index in [0.29, 0.717) is 11.9 Å². The molecule has 3 heterocycles. The molecule has 114 valence electrons. The molecule has 0 amide bonds. The summed E-state index contributed by atoms with van der Waals surface area (Å²) in [6.07, 6.45) is 7.00. The minimum atomic E-state index is 0.301. The summed E-state index contributed by atoms with van der Waals surface area (Å²) >= 11 is 1.76. The van der Waals surface area contributed by atoms with E-state index in [1.54, 1.807) is 34.6 Å². The molecule has 6 nitrogen and oxygen atoms in total. The van der Waals surface area contributed by atoms with Crippen LogP contribution in [0.3, 0.4) is 0 Å². The third-order valence-electron chi connectivity index (χ3n) is 3.33. The standard InChI is InChI=1S/C15H18N6S/c1-20(2)12(13-5-3-8-22-13)9-17-14-10-16-11-15(19-14)21-7-4-6-18-21/h3-8,10-12H,9H2,1-2H3,(H,17,19). The minimum Gasteiger partial charge on any atom is -0.367 e. The van der Waals surface area contributed by atoms with E-state index >= 15 is 0 Å². The van der Waals surface area contributed by atoms with Crippen LogP contribution in [-0.2, 0) is 0 Å². The zero-order chi connectivity index (χ0) is 15.4. The first-order valence-corrected chi connectivity index (χ1v) is 7.88. The first kappa shape index (κ1) is 14.7. The van der Waals surface area contributed by atoms with E-state index in [0.717, 1.165) is 12.4 Å². The number of hydrogen-bond acceptors (Lipinski definition) is 6. The second-order valence-corrected chi connectivity index (χ2v) is 6.07. The highest BCUT2D eigenvalue weighted by Crippen LogP contribution is 2.23. The predicted molar refractivity (Wildman–Crippen MR) is 88.4 cm³/mol. The fourth-order valence-corrected chi connectivity index (χ4v) is 3.10. The monoisotopic (exact) mass is 314 g/mol. The summed E-state index contributed by atoms with van der Waals surface area (Å²) in [7, 11) is 4.16. The topological polar surface area (TPSA) is 58.9 Å². The van der Waals surface area contributed by atoms with E-state index < -0.39 is 0 Å². The van der Waals surface area contributed by atoms with Gasteiger partial charge in [0.05, 0.1) is 18.4 Å². The quantitative estimate of drug-likeness (QED) is 0.757. The molecular weight excluding hydrogens is 296 g/mol. The third-order valence-corrected chi connectivity index (χ3v) is 4.31. The second kappa shape index (κ2) is 6.67. The molecular formula is C15H18N6S. The van der Waals surface area contributed by atoms with Crippen molar-refractivity contribution >= 4 is 17.2 Å². The number of aromatic nitrogens is 4. The van der Waals surface area contributed by atoms with Crippen LogP contribution in [0.1, 0.15) is 10.9 Å². The van der Waals surface area contributed by atoms with Crippen molar-refractivity contribution in [1.82, 2.24) is 24.6 Å². The summed E-state index contributed by atoms with van der Waals surface area (Å²) in [6.45, 7) is 0.769. The highest BCUT2D eigenvalue weighted by molar-refractivity contribution is 7.10. The summed E-state index contributed by atoms with van der Waals surface area (Å²) in [4.78, 5) is 12.3. The van der Waals surface area contributed by atoms with Crippen molar-refractivity contribution in [3.63, 3.8) is 0 Å². The maximum Gasteiger partial charge on any atom is 0.173 e. The van der Waals surface area contributed by atoms with Gasteiger partial charge < -0.3 is 10.2 Å². The Bertz CT molecular complexity index is 693. The predicted octanol–water partition coefficient (Wildman–Crippen LogP) is 2.44. The number of nitrogens with one attached hydrogen (secondary N) is 1. The summed E-state index contributed by atoms with van der Waals surface area (Å²) < 4.78 is 1.70. The Labute approximate surface area is 133 Å². The molecule has 0 spiro atoms. The van der Waals surface area contributed by atoms with Gasteiger partial charge in [-0.25, -0.2) is 9.67 Å². The van der Waals surface area contributed by atoms with E-state index in [9.17, 15) is 0 Å². The number of anilines is 1. The number of rotatable bonds is 6. The normalized spacial score (nSPS) is 12.5. The minimum absolute atomic E-state index is 0.301. The van der Waals surface area contributed by atoms with Crippen LogP contribution in [0.15, 0.2) is 48.4 Å². The fourth-order valence-electron chi connectivity index (χ4n) is 2.18. The van der Waals surface area contributed by atoms with E-state index in [2.05, 4.69) is 56.9 Å². The van der Waals surface area contributed by atoms with E-state index in [4.69, 9.17) is 0 Å². The van der Waals surface area contributed by atoms with Gasteiger partial charge in [0.2, 0.25) is 0 Å². The molecule has 0 bridgehead atoms.